The van der Waals surface area contributed by atoms with Crippen LogP contribution in [0.15, 0.2) is 60.8 Å². The van der Waals surface area contributed by atoms with Gasteiger partial charge in [0.2, 0.25) is 0 Å². The quantitative estimate of drug-likeness (QED) is 0.406. The van der Waals surface area contributed by atoms with Crippen molar-refractivity contribution < 1.29 is 26.7 Å². The minimum Gasteiger partial charge on any atom is -0.755 e. The molecule has 1 N–H and O–H groups in total. The van der Waals surface area contributed by atoms with E-state index in [2.05, 4.69) is 10.3 Å². The van der Waals surface area contributed by atoms with Gasteiger partial charge in [-0.15, -0.1) is 0 Å². The summed E-state index contributed by atoms with van der Waals surface area (Å²) in [5.41, 5.74) is 0.660. The lowest BCUT2D eigenvalue weighted by molar-refractivity contribution is -0.141. The third-order valence-corrected chi connectivity index (χ3v) is 6.39. The van der Waals surface area contributed by atoms with E-state index in [0.29, 0.717) is 33.3 Å². The fraction of sp³-hybridized carbons (Fsp3) is 0.182. The SMILES string of the molecule is O=C(NCc1ccc(C(F)(F)F)nc1)c1ccc(N(CCc2cccc(Cl)c2Cl)S(=O)[O-])cc1. The highest BCUT2D eigenvalue weighted by Crippen LogP contribution is 2.28. The molecule has 0 aliphatic heterocycles. The van der Waals surface area contributed by atoms with Gasteiger partial charge in [0.25, 0.3) is 5.91 Å². The van der Waals surface area contributed by atoms with Crippen molar-refractivity contribution in [3.8, 4) is 0 Å². The third kappa shape index (κ3) is 6.69. The summed E-state index contributed by atoms with van der Waals surface area (Å²) >= 11 is 9.57. The van der Waals surface area contributed by atoms with Gasteiger partial charge in [0, 0.05) is 41.8 Å². The highest BCUT2D eigenvalue weighted by Gasteiger charge is 2.32. The summed E-state index contributed by atoms with van der Waals surface area (Å²) in [7, 11) is 0. The van der Waals surface area contributed by atoms with Crippen LogP contribution in [0, 0.1) is 0 Å². The van der Waals surface area contributed by atoms with Crippen LogP contribution in [0.1, 0.15) is 27.2 Å². The molecule has 0 fully saturated rings. The summed E-state index contributed by atoms with van der Waals surface area (Å²) in [4.78, 5) is 15.7. The molecule has 34 heavy (non-hydrogen) atoms. The Morgan fingerprint density at radius 3 is 2.38 bits per heavy atom. The molecule has 3 aromatic rings. The van der Waals surface area contributed by atoms with Crippen molar-refractivity contribution in [2.45, 2.75) is 19.1 Å². The molecule has 12 heteroatoms. The number of halogens is 5. The highest BCUT2D eigenvalue weighted by atomic mass is 35.5. The normalized spacial score (nSPS) is 12.3. The average Bonchev–Trinajstić information content (AvgIpc) is 2.80. The first-order valence-electron chi connectivity index (χ1n) is 9.76. The van der Waals surface area contributed by atoms with E-state index in [1.807, 2.05) is 0 Å². The lowest BCUT2D eigenvalue weighted by Gasteiger charge is -2.26. The zero-order valence-electron chi connectivity index (χ0n) is 17.3. The minimum atomic E-state index is -4.54. The number of anilines is 1. The number of pyridine rings is 1. The van der Waals surface area contributed by atoms with Crippen molar-refractivity contribution >= 4 is 46.1 Å². The summed E-state index contributed by atoms with van der Waals surface area (Å²) in [6.07, 6.45) is -3.18. The molecule has 0 saturated carbocycles. The average molecular weight is 531 g/mol. The van der Waals surface area contributed by atoms with Crippen LogP contribution >= 0.6 is 23.2 Å². The Bertz CT molecular complexity index is 1180. The van der Waals surface area contributed by atoms with E-state index in [9.17, 15) is 26.7 Å². The Morgan fingerprint density at radius 2 is 1.79 bits per heavy atom. The molecule has 0 saturated heterocycles. The van der Waals surface area contributed by atoms with Crippen LogP contribution in [0.2, 0.25) is 10.0 Å². The van der Waals surface area contributed by atoms with Gasteiger partial charge in [0.1, 0.15) is 5.69 Å². The summed E-state index contributed by atoms with van der Waals surface area (Å²) in [6, 6.07) is 13.0. The molecule has 0 aliphatic rings. The molecule has 1 unspecified atom stereocenters. The van der Waals surface area contributed by atoms with Gasteiger partial charge >= 0.3 is 6.18 Å². The van der Waals surface area contributed by atoms with E-state index >= 15 is 0 Å². The Labute approximate surface area is 206 Å². The molecule has 0 spiro atoms. The molecule has 0 bridgehead atoms. The second kappa shape index (κ2) is 11.2. The number of aromatic nitrogens is 1. The molecule has 1 heterocycles. The number of carbonyl (C=O) groups is 1. The van der Waals surface area contributed by atoms with E-state index in [1.54, 1.807) is 18.2 Å². The van der Waals surface area contributed by atoms with Crippen LogP contribution in [0.25, 0.3) is 0 Å². The van der Waals surface area contributed by atoms with E-state index < -0.39 is 29.0 Å². The minimum absolute atomic E-state index is 0.0250. The summed E-state index contributed by atoms with van der Waals surface area (Å²) < 4.78 is 62.3. The molecule has 1 atom stereocenters. The third-order valence-electron chi connectivity index (χ3n) is 4.78. The van der Waals surface area contributed by atoms with Crippen LogP contribution in [-0.2, 0) is 30.4 Å². The zero-order valence-corrected chi connectivity index (χ0v) is 19.6. The highest BCUT2D eigenvalue weighted by molar-refractivity contribution is 7.80. The summed E-state index contributed by atoms with van der Waals surface area (Å²) in [6.45, 7) is 0.0749. The first kappa shape index (κ1) is 26.0. The lowest BCUT2D eigenvalue weighted by Crippen LogP contribution is -2.28. The van der Waals surface area contributed by atoms with Crippen molar-refractivity contribution in [3.63, 3.8) is 0 Å². The number of nitrogens with zero attached hydrogens (tertiary/aromatic N) is 2. The monoisotopic (exact) mass is 530 g/mol. The van der Waals surface area contributed by atoms with Crippen molar-refractivity contribution in [2.75, 3.05) is 10.8 Å². The van der Waals surface area contributed by atoms with Gasteiger partial charge in [0.05, 0.1) is 10.0 Å². The number of carbonyl (C=O) groups excluding carboxylic acids is 1. The summed E-state index contributed by atoms with van der Waals surface area (Å²) in [5.74, 6) is -0.480. The van der Waals surface area contributed by atoms with Crippen LogP contribution in [-0.4, -0.2) is 26.2 Å². The maximum Gasteiger partial charge on any atom is 0.433 e. The number of hydrogen-bond donors (Lipinski definition) is 1. The molecule has 0 radical (unpaired) electrons. The molecule has 2 aromatic carbocycles. The Hall–Kier alpha value is -2.66. The molecule has 6 nitrogen and oxygen atoms in total. The predicted octanol–water partition coefficient (Wildman–Crippen LogP) is 5.18. The maximum atomic E-state index is 12.6. The van der Waals surface area contributed by atoms with Gasteiger partial charge in [-0.3, -0.25) is 14.0 Å². The molecule has 180 valence electrons. The second-order valence-corrected chi connectivity index (χ2v) is 8.72. The zero-order chi connectivity index (χ0) is 24.9. The molecule has 1 aromatic heterocycles. The van der Waals surface area contributed by atoms with Crippen LogP contribution in [0.5, 0.6) is 0 Å². The van der Waals surface area contributed by atoms with Gasteiger partial charge in [0.15, 0.2) is 0 Å². The Morgan fingerprint density at radius 1 is 1.09 bits per heavy atom. The number of hydrogen-bond acceptors (Lipinski definition) is 4. The fourth-order valence-electron chi connectivity index (χ4n) is 3.01. The van der Waals surface area contributed by atoms with Crippen LogP contribution < -0.4 is 9.62 Å². The van der Waals surface area contributed by atoms with Crippen LogP contribution in [0.4, 0.5) is 18.9 Å². The van der Waals surface area contributed by atoms with E-state index in [0.717, 1.165) is 16.6 Å². The van der Waals surface area contributed by atoms with E-state index in [1.165, 1.54) is 30.3 Å². The van der Waals surface area contributed by atoms with Crippen molar-refractivity contribution in [3.05, 3.63) is 93.2 Å². The number of nitrogens with one attached hydrogen (secondary N) is 1. The van der Waals surface area contributed by atoms with Gasteiger partial charge in [-0.1, -0.05) is 41.4 Å². The van der Waals surface area contributed by atoms with E-state index in [-0.39, 0.29) is 18.7 Å². The van der Waals surface area contributed by atoms with E-state index in [4.69, 9.17) is 23.2 Å². The van der Waals surface area contributed by atoms with Crippen molar-refractivity contribution in [1.82, 2.24) is 10.3 Å². The molecular formula is C22H17Cl2F3N3O3S-. The number of amides is 1. The van der Waals surface area contributed by atoms with Crippen molar-refractivity contribution in [1.29, 1.82) is 0 Å². The van der Waals surface area contributed by atoms with Gasteiger partial charge in [-0.2, -0.15) is 13.2 Å². The second-order valence-electron chi connectivity index (χ2n) is 7.06. The predicted molar refractivity (Wildman–Crippen MR) is 123 cm³/mol. The maximum absolute atomic E-state index is 12.6. The van der Waals surface area contributed by atoms with Gasteiger partial charge in [-0.25, -0.2) is 0 Å². The molecule has 3 rings (SSSR count). The largest absolute Gasteiger partial charge is 0.755 e. The molecule has 0 aliphatic carbocycles. The van der Waals surface area contributed by atoms with Crippen LogP contribution in [0.3, 0.4) is 0 Å². The Kier molecular flexibility index (Phi) is 8.53. The lowest BCUT2D eigenvalue weighted by atomic mass is 10.1. The number of rotatable bonds is 8. The standard InChI is InChI=1S/C22H18Cl2F3N3O3S/c23-18-3-1-2-15(20(18)24)10-11-30(34(32)33)17-7-5-16(6-8-17)21(31)29-13-14-4-9-19(28-12-14)22(25,26)27/h1-9,12H,10-11,13H2,(H,29,31)(H,32,33)/p-1. The summed E-state index contributed by atoms with van der Waals surface area (Å²) in [5, 5.41) is 3.31. The number of alkyl halides is 3. The molecular weight excluding hydrogens is 514 g/mol. The Balaban J connectivity index is 1.62. The first-order valence-corrected chi connectivity index (χ1v) is 11.5. The van der Waals surface area contributed by atoms with Crippen molar-refractivity contribution in [2.24, 2.45) is 0 Å². The smallest absolute Gasteiger partial charge is 0.433 e. The fourth-order valence-corrected chi connectivity index (χ4v) is 3.96. The topological polar surface area (TPSA) is 85.4 Å². The van der Waals surface area contributed by atoms with Gasteiger partial charge < -0.3 is 14.2 Å². The molecule has 1 amide bonds. The van der Waals surface area contributed by atoms with Gasteiger partial charge in [-0.05, 0) is 53.9 Å². The number of benzene rings is 2. The first-order chi connectivity index (χ1) is 16.1.